The molecule has 1 N–H and O–H groups in total. The Kier molecular flexibility index (Phi) is 5.65. The number of ether oxygens (including phenoxy) is 3. The fraction of sp³-hybridized carbons (Fsp3) is 0.625. The first-order valence-corrected chi connectivity index (χ1v) is 8.63. The number of nitrogens with one attached hydrogen (secondary N) is 1. The molecule has 21 heavy (non-hydrogen) atoms. The van der Waals surface area contributed by atoms with Crippen molar-refractivity contribution in [2.45, 2.75) is 38.0 Å². The summed E-state index contributed by atoms with van der Waals surface area (Å²) in [6.07, 6.45) is 4.53. The molecule has 4 nitrogen and oxygen atoms in total. The van der Waals surface area contributed by atoms with Crippen molar-refractivity contribution in [3.05, 3.63) is 17.7 Å². The van der Waals surface area contributed by atoms with E-state index in [1.807, 2.05) is 23.9 Å². The molecule has 1 aromatic carbocycles. The molecule has 1 aliphatic rings. The van der Waals surface area contributed by atoms with E-state index in [4.69, 9.17) is 14.2 Å². The van der Waals surface area contributed by atoms with Gasteiger partial charge in [-0.3, -0.25) is 0 Å². The van der Waals surface area contributed by atoms with E-state index in [1.54, 1.807) is 7.11 Å². The van der Waals surface area contributed by atoms with Gasteiger partial charge in [0.2, 0.25) is 12.5 Å². The van der Waals surface area contributed by atoms with Gasteiger partial charge in [-0.15, -0.1) is 0 Å². The van der Waals surface area contributed by atoms with E-state index in [0.29, 0.717) is 10.5 Å². The van der Waals surface area contributed by atoms with Crippen molar-refractivity contribution >= 4 is 11.8 Å². The van der Waals surface area contributed by atoms with E-state index in [2.05, 4.69) is 25.4 Å². The molecular formula is C16H25NO3S. The highest BCUT2D eigenvalue weighted by Crippen LogP contribution is 2.41. The van der Waals surface area contributed by atoms with Crippen LogP contribution in [-0.2, 0) is 6.54 Å². The van der Waals surface area contributed by atoms with Crippen molar-refractivity contribution in [3.63, 3.8) is 0 Å². The van der Waals surface area contributed by atoms with Crippen molar-refractivity contribution in [1.82, 2.24) is 5.32 Å². The van der Waals surface area contributed by atoms with Crippen molar-refractivity contribution in [2.75, 3.05) is 26.7 Å². The third-order valence-corrected chi connectivity index (χ3v) is 5.80. The Hall–Kier alpha value is -1.07. The van der Waals surface area contributed by atoms with Gasteiger partial charge in [-0.25, -0.2) is 0 Å². The van der Waals surface area contributed by atoms with E-state index >= 15 is 0 Å². The summed E-state index contributed by atoms with van der Waals surface area (Å²) in [5.41, 5.74) is 1.15. The van der Waals surface area contributed by atoms with Crippen LogP contribution in [0, 0.1) is 0 Å². The Morgan fingerprint density at radius 2 is 2.05 bits per heavy atom. The predicted molar refractivity (Wildman–Crippen MR) is 87.7 cm³/mol. The van der Waals surface area contributed by atoms with Gasteiger partial charge in [0, 0.05) is 17.8 Å². The van der Waals surface area contributed by atoms with Crippen molar-refractivity contribution in [2.24, 2.45) is 0 Å². The maximum atomic E-state index is 5.46. The molecule has 0 aromatic heterocycles. The number of benzene rings is 1. The van der Waals surface area contributed by atoms with Crippen LogP contribution >= 0.6 is 11.8 Å². The summed E-state index contributed by atoms with van der Waals surface area (Å²) in [5.74, 6) is 2.22. The minimum atomic E-state index is 0.268. The molecule has 5 heteroatoms. The van der Waals surface area contributed by atoms with Gasteiger partial charge in [-0.2, -0.15) is 11.8 Å². The first-order valence-electron chi connectivity index (χ1n) is 7.40. The molecule has 118 valence electrons. The lowest BCUT2D eigenvalue weighted by Crippen LogP contribution is -2.36. The summed E-state index contributed by atoms with van der Waals surface area (Å²) in [4.78, 5) is 0. The Bertz CT molecular complexity index is 467. The Morgan fingerprint density at radius 1 is 1.29 bits per heavy atom. The number of thioether (sulfide) groups is 1. The van der Waals surface area contributed by atoms with Crippen LogP contribution in [-0.4, -0.2) is 31.5 Å². The highest BCUT2D eigenvalue weighted by atomic mass is 32.2. The Labute approximate surface area is 131 Å². The zero-order valence-electron chi connectivity index (χ0n) is 13.3. The van der Waals surface area contributed by atoms with Crippen LogP contribution in [0.2, 0.25) is 0 Å². The minimum Gasteiger partial charge on any atom is -0.493 e. The standard InChI is InChI=1S/C16H25NO3S/c1-5-16(6-2,21-4)10-17-9-12-7-13(18-3)15-14(8-12)19-11-20-15/h7-8,17H,5-6,9-11H2,1-4H3. The van der Waals surface area contributed by atoms with E-state index in [0.717, 1.165) is 30.2 Å². The topological polar surface area (TPSA) is 39.7 Å². The van der Waals surface area contributed by atoms with Crippen LogP contribution in [0.1, 0.15) is 32.3 Å². The van der Waals surface area contributed by atoms with Crippen molar-refractivity contribution in [3.8, 4) is 17.2 Å². The van der Waals surface area contributed by atoms with Gasteiger partial charge in [-0.1, -0.05) is 13.8 Å². The van der Waals surface area contributed by atoms with Gasteiger partial charge in [0.1, 0.15) is 0 Å². The lowest BCUT2D eigenvalue weighted by atomic mass is 10.0. The summed E-state index contributed by atoms with van der Waals surface area (Å²) >= 11 is 1.95. The van der Waals surface area contributed by atoms with E-state index in [9.17, 15) is 0 Å². The molecule has 0 radical (unpaired) electrons. The molecule has 1 heterocycles. The minimum absolute atomic E-state index is 0.268. The Balaban J connectivity index is 2.01. The molecule has 1 aromatic rings. The first-order chi connectivity index (χ1) is 10.2. The van der Waals surface area contributed by atoms with Gasteiger partial charge in [0.05, 0.1) is 7.11 Å². The number of hydrogen-bond donors (Lipinski definition) is 1. The molecule has 0 aliphatic carbocycles. The largest absolute Gasteiger partial charge is 0.493 e. The molecule has 0 amide bonds. The van der Waals surface area contributed by atoms with Crippen LogP contribution in [0.5, 0.6) is 17.2 Å². The summed E-state index contributed by atoms with van der Waals surface area (Å²) < 4.78 is 16.6. The Morgan fingerprint density at radius 3 is 2.67 bits per heavy atom. The highest BCUT2D eigenvalue weighted by molar-refractivity contribution is 8.00. The smallest absolute Gasteiger partial charge is 0.231 e. The molecule has 0 atom stereocenters. The number of fused-ring (bicyclic) bond motifs is 1. The number of rotatable bonds is 8. The highest BCUT2D eigenvalue weighted by Gasteiger charge is 2.24. The second kappa shape index (κ2) is 7.27. The summed E-state index contributed by atoms with van der Waals surface area (Å²) in [7, 11) is 1.65. The lowest BCUT2D eigenvalue weighted by molar-refractivity contribution is 0.171. The molecule has 0 bridgehead atoms. The first kappa shape index (κ1) is 16.3. The SMILES string of the molecule is CCC(CC)(CNCc1cc(OC)c2c(c1)OCO2)SC. The molecule has 0 saturated heterocycles. The van der Waals surface area contributed by atoms with Gasteiger partial charge < -0.3 is 19.5 Å². The van der Waals surface area contributed by atoms with Gasteiger partial charge >= 0.3 is 0 Å². The van der Waals surface area contributed by atoms with Crippen molar-refractivity contribution in [1.29, 1.82) is 0 Å². The average Bonchev–Trinajstić information content (AvgIpc) is 2.99. The van der Waals surface area contributed by atoms with Crippen LogP contribution in [0.25, 0.3) is 0 Å². The van der Waals surface area contributed by atoms with Gasteiger partial charge in [-0.05, 0) is 36.8 Å². The second-order valence-corrected chi connectivity index (χ2v) is 6.50. The normalized spacial score (nSPS) is 13.5. The number of methoxy groups -OCH3 is 1. The second-order valence-electron chi connectivity index (χ2n) is 5.23. The van der Waals surface area contributed by atoms with Crippen LogP contribution < -0.4 is 19.5 Å². The molecule has 2 rings (SSSR count). The summed E-state index contributed by atoms with van der Waals surface area (Å²) in [6.45, 7) is 6.58. The van der Waals surface area contributed by atoms with Crippen LogP contribution in [0.4, 0.5) is 0 Å². The third-order valence-electron chi connectivity index (χ3n) is 4.22. The summed E-state index contributed by atoms with van der Waals surface area (Å²) in [6, 6.07) is 4.04. The third kappa shape index (κ3) is 3.58. The molecular weight excluding hydrogens is 286 g/mol. The van der Waals surface area contributed by atoms with Crippen LogP contribution in [0.15, 0.2) is 12.1 Å². The fourth-order valence-electron chi connectivity index (χ4n) is 2.58. The van der Waals surface area contributed by atoms with Gasteiger partial charge in [0.15, 0.2) is 11.5 Å². The summed E-state index contributed by atoms with van der Waals surface area (Å²) in [5, 5.41) is 3.57. The molecule has 0 saturated carbocycles. The number of hydrogen-bond acceptors (Lipinski definition) is 5. The maximum absolute atomic E-state index is 5.46. The zero-order valence-corrected chi connectivity index (χ0v) is 14.1. The van der Waals surface area contributed by atoms with Crippen molar-refractivity contribution < 1.29 is 14.2 Å². The fourth-order valence-corrected chi connectivity index (χ4v) is 3.41. The maximum Gasteiger partial charge on any atom is 0.231 e. The van der Waals surface area contributed by atoms with E-state index in [-0.39, 0.29) is 6.79 Å². The molecule has 0 unspecified atom stereocenters. The molecule has 1 aliphatic heterocycles. The molecule has 0 fully saturated rings. The van der Waals surface area contributed by atoms with E-state index < -0.39 is 0 Å². The zero-order chi connectivity index (χ0) is 15.3. The quantitative estimate of drug-likeness (QED) is 0.796. The van der Waals surface area contributed by atoms with Crippen LogP contribution in [0.3, 0.4) is 0 Å². The predicted octanol–water partition coefficient (Wildman–Crippen LogP) is 3.44. The van der Waals surface area contributed by atoms with E-state index in [1.165, 1.54) is 12.8 Å². The lowest BCUT2D eigenvalue weighted by Gasteiger charge is -2.30. The monoisotopic (exact) mass is 311 g/mol. The van der Waals surface area contributed by atoms with Gasteiger partial charge in [0.25, 0.3) is 0 Å². The molecule has 0 spiro atoms. The average molecular weight is 311 g/mol.